The highest BCUT2D eigenvalue weighted by Gasteiger charge is 2.15. The molecule has 0 unspecified atom stereocenters. The number of para-hydroxylation sites is 2. The van der Waals surface area contributed by atoms with Gasteiger partial charge in [0.25, 0.3) is 0 Å². The number of nitrogens with zero attached hydrogens (tertiary/aromatic N) is 2. The van der Waals surface area contributed by atoms with Crippen LogP contribution in [0.4, 0.5) is 0 Å². The molecule has 0 saturated heterocycles. The van der Waals surface area contributed by atoms with E-state index in [1.54, 1.807) is 0 Å². The number of fused-ring (bicyclic) bond motifs is 2. The minimum atomic E-state index is 0.0967. The highest BCUT2D eigenvalue weighted by atomic mass is 16.1. The van der Waals surface area contributed by atoms with Crippen LogP contribution in [0.15, 0.2) is 48.5 Å². The number of benzene rings is 2. The van der Waals surface area contributed by atoms with Crippen molar-refractivity contribution < 1.29 is 4.79 Å². The summed E-state index contributed by atoms with van der Waals surface area (Å²) >= 11 is 0. The highest BCUT2D eigenvalue weighted by molar-refractivity contribution is 5.77. The molecule has 0 saturated carbocycles. The summed E-state index contributed by atoms with van der Waals surface area (Å²) in [7, 11) is 0. The summed E-state index contributed by atoms with van der Waals surface area (Å²) in [5.41, 5.74) is 4.90. The number of H-pyrrole nitrogens is 1. The summed E-state index contributed by atoms with van der Waals surface area (Å²) in [6, 6.07) is 16.6. The number of carbonyl (C=O) groups excluding carboxylic acids is 1. The van der Waals surface area contributed by atoms with E-state index in [0.29, 0.717) is 12.8 Å². The number of aryl methyl sites for hydroxylation is 1. The molecular weight excluding hydrogens is 336 g/mol. The second-order valence-corrected chi connectivity index (χ2v) is 7.20. The molecule has 5 nitrogen and oxygen atoms in total. The molecule has 3 aromatic rings. The van der Waals surface area contributed by atoms with E-state index in [4.69, 9.17) is 0 Å². The Balaban J connectivity index is 1.15. The Hall–Kier alpha value is -2.66. The Bertz CT molecular complexity index is 884. The molecule has 2 heterocycles. The van der Waals surface area contributed by atoms with E-state index in [1.807, 2.05) is 24.3 Å². The second-order valence-electron chi connectivity index (χ2n) is 7.20. The third-order valence-corrected chi connectivity index (χ3v) is 5.21. The van der Waals surface area contributed by atoms with Crippen molar-refractivity contribution in [1.82, 2.24) is 20.2 Å². The molecule has 0 bridgehead atoms. The van der Waals surface area contributed by atoms with Crippen LogP contribution in [0.5, 0.6) is 0 Å². The van der Waals surface area contributed by atoms with Crippen LogP contribution in [0.3, 0.4) is 0 Å². The summed E-state index contributed by atoms with van der Waals surface area (Å²) < 4.78 is 0. The van der Waals surface area contributed by atoms with E-state index in [1.165, 1.54) is 11.1 Å². The lowest BCUT2D eigenvalue weighted by Gasteiger charge is -2.28. The van der Waals surface area contributed by atoms with E-state index in [-0.39, 0.29) is 5.91 Å². The first-order valence-corrected chi connectivity index (χ1v) is 9.77. The zero-order valence-electron chi connectivity index (χ0n) is 15.6. The molecule has 1 amide bonds. The molecule has 2 N–H and O–H groups in total. The van der Waals surface area contributed by atoms with Crippen LogP contribution in [0.2, 0.25) is 0 Å². The zero-order valence-corrected chi connectivity index (χ0v) is 15.6. The number of hydrogen-bond acceptors (Lipinski definition) is 3. The SMILES string of the molecule is O=C(CCc1nc2ccccc2[nH]1)NCCCN1CCc2ccccc2C1. The van der Waals surface area contributed by atoms with Crippen LogP contribution in [-0.4, -0.2) is 40.4 Å². The number of amides is 1. The van der Waals surface area contributed by atoms with Gasteiger partial charge in [-0.3, -0.25) is 9.69 Å². The molecule has 27 heavy (non-hydrogen) atoms. The molecule has 4 rings (SSSR count). The van der Waals surface area contributed by atoms with Gasteiger partial charge < -0.3 is 10.3 Å². The van der Waals surface area contributed by atoms with Gasteiger partial charge in [0.1, 0.15) is 5.82 Å². The van der Waals surface area contributed by atoms with Crippen molar-refractivity contribution in [2.75, 3.05) is 19.6 Å². The van der Waals surface area contributed by atoms with Crippen molar-refractivity contribution >= 4 is 16.9 Å². The molecule has 1 aliphatic heterocycles. The fraction of sp³-hybridized carbons (Fsp3) is 0.364. The maximum atomic E-state index is 12.1. The quantitative estimate of drug-likeness (QED) is 0.635. The van der Waals surface area contributed by atoms with Crippen molar-refractivity contribution in [3.8, 4) is 0 Å². The predicted molar refractivity (Wildman–Crippen MR) is 107 cm³/mol. The third kappa shape index (κ3) is 4.55. The fourth-order valence-electron chi connectivity index (χ4n) is 3.72. The maximum absolute atomic E-state index is 12.1. The number of nitrogens with one attached hydrogen (secondary N) is 2. The molecule has 2 aromatic carbocycles. The topological polar surface area (TPSA) is 61.0 Å². The number of hydrogen-bond donors (Lipinski definition) is 2. The number of aromatic nitrogens is 2. The van der Waals surface area contributed by atoms with Crippen LogP contribution in [0, 0.1) is 0 Å². The van der Waals surface area contributed by atoms with Crippen molar-refractivity contribution in [3.63, 3.8) is 0 Å². The molecule has 0 fully saturated rings. The Morgan fingerprint density at radius 2 is 1.93 bits per heavy atom. The Labute approximate surface area is 159 Å². The standard InChI is InChI=1S/C22H26N4O/c27-22(11-10-21-24-19-8-3-4-9-20(19)25-21)23-13-5-14-26-15-12-17-6-1-2-7-18(17)16-26/h1-4,6-9H,5,10-16H2,(H,23,27)(H,24,25). The lowest BCUT2D eigenvalue weighted by atomic mass is 10.00. The van der Waals surface area contributed by atoms with Crippen LogP contribution >= 0.6 is 0 Å². The lowest BCUT2D eigenvalue weighted by molar-refractivity contribution is -0.121. The van der Waals surface area contributed by atoms with Crippen molar-refractivity contribution in [2.45, 2.75) is 32.2 Å². The Kier molecular flexibility index (Phi) is 5.49. The molecule has 0 aliphatic carbocycles. The van der Waals surface area contributed by atoms with Gasteiger partial charge in [-0.1, -0.05) is 36.4 Å². The van der Waals surface area contributed by atoms with Crippen LogP contribution in [0.25, 0.3) is 11.0 Å². The largest absolute Gasteiger partial charge is 0.356 e. The van der Waals surface area contributed by atoms with Crippen molar-refractivity contribution in [1.29, 1.82) is 0 Å². The summed E-state index contributed by atoms with van der Waals surface area (Å²) in [5.74, 6) is 0.970. The first-order chi connectivity index (χ1) is 13.3. The molecule has 1 aromatic heterocycles. The van der Waals surface area contributed by atoms with Crippen LogP contribution in [-0.2, 0) is 24.2 Å². The van der Waals surface area contributed by atoms with E-state index in [9.17, 15) is 4.79 Å². The third-order valence-electron chi connectivity index (χ3n) is 5.21. The van der Waals surface area contributed by atoms with Gasteiger partial charge in [0.15, 0.2) is 0 Å². The van der Waals surface area contributed by atoms with E-state index in [0.717, 1.165) is 55.9 Å². The zero-order chi connectivity index (χ0) is 18.5. The fourth-order valence-corrected chi connectivity index (χ4v) is 3.72. The van der Waals surface area contributed by atoms with Crippen LogP contribution < -0.4 is 5.32 Å². The number of carbonyl (C=O) groups is 1. The van der Waals surface area contributed by atoms with Gasteiger partial charge in [0.05, 0.1) is 11.0 Å². The summed E-state index contributed by atoms with van der Waals surface area (Å²) in [5, 5.41) is 3.04. The normalized spacial score (nSPS) is 14.2. The van der Waals surface area contributed by atoms with Gasteiger partial charge in [0.2, 0.25) is 5.91 Å². The van der Waals surface area contributed by atoms with Gasteiger partial charge in [-0.25, -0.2) is 4.98 Å². The Morgan fingerprint density at radius 3 is 2.81 bits per heavy atom. The predicted octanol–water partition coefficient (Wildman–Crippen LogP) is 3.06. The molecule has 140 valence electrons. The van der Waals surface area contributed by atoms with Gasteiger partial charge in [-0.05, 0) is 36.1 Å². The molecule has 5 heteroatoms. The highest BCUT2D eigenvalue weighted by Crippen LogP contribution is 2.18. The maximum Gasteiger partial charge on any atom is 0.220 e. The van der Waals surface area contributed by atoms with Gasteiger partial charge in [-0.15, -0.1) is 0 Å². The molecule has 1 aliphatic rings. The van der Waals surface area contributed by atoms with Crippen molar-refractivity contribution in [2.24, 2.45) is 0 Å². The van der Waals surface area contributed by atoms with Gasteiger partial charge in [0, 0.05) is 39.0 Å². The summed E-state index contributed by atoms with van der Waals surface area (Å²) in [6.45, 7) is 3.89. The monoisotopic (exact) mass is 362 g/mol. The average Bonchev–Trinajstić information content (AvgIpc) is 3.12. The number of rotatable bonds is 7. The smallest absolute Gasteiger partial charge is 0.220 e. The first-order valence-electron chi connectivity index (χ1n) is 9.77. The van der Waals surface area contributed by atoms with Gasteiger partial charge >= 0.3 is 0 Å². The van der Waals surface area contributed by atoms with Gasteiger partial charge in [-0.2, -0.15) is 0 Å². The minimum absolute atomic E-state index is 0.0967. The molecule has 0 atom stereocenters. The molecule has 0 spiro atoms. The number of imidazole rings is 1. The average molecular weight is 362 g/mol. The van der Waals surface area contributed by atoms with E-state index in [2.05, 4.69) is 44.5 Å². The second kappa shape index (κ2) is 8.35. The summed E-state index contributed by atoms with van der Waals surface area (Å²) in [4.78, 5) is 22.3. The van der Waals surface area contributed by atoms with Crippen LogP contribution in [0.1, 0.15) is 29.8 Å². The molecular formula is C22H26N4O. The lowest BCUT2D eigenvalue weighted by Crippen LogP contribution is -2.33. The minimum Gasteiger partial charge on any atom is -0.356 e. The first kappa shape index (κ1) is 17.7. The summed E-state index contributed by atoms with van der Waals surface area (Å²) in [6.07, 6.45) is 3.22. The number of aromatic amines is 1. The van der Waals surface area contributed by atoms with E-state index >= 15 is 0 Å². The molecule has 0 radical (unpaired) electrons. The van der Waals surface area contributed by atoms with E-state index < -0.39 is 0 Å². The Morgan fingerprint density at radius 1 is 1.11 bits per heavy atom. The van der Waals surface area contributed by atoms with Crippen molar-refractivity contribution in [3.05, 3.63) is 65.5 Å².